The zero-order valence-corrected chi connectivity index (χ0v) is 17.0. The summed E-state index contributed by atoms with van der Waals surface area (Å²) in [6, 6.07) is 14.1. The number of rotatable bonds is 4. The van der Waals surface area contributed by atoms with Gasteiger partial charge >= 0.3 is 5.97 Å². The molecule has 6 nitrogen and oxygen atoms in total. The minimum absolute atomic E-state index is 0.300. The first-order valence-corrected chi connectivity index (χ1v) is 10.1. The van der Waals surface area contributed by atoms with Crippen LogP contribution in [0.25, 0.3) is 0 Å². The number of amides is 2. The van der Waals surface area contributed by atoms with Gasteiger partial charge < -0.3 is 10.1 Å². The maximum Gasteiger partial charge on any atom is 0.340 e. The van der Waals surface area contributed by atoms with Crippen molar-refractivity contribution in [1.29, 1.82) is 0 Å². The van der Waals surface area contributed by atoms with Crippen molar-refractivity contribution < 1.29 is 19.1 Å². The second-order valence-electron chi connectivity index (χ2n) is 6.95. The number of thioether (sulfide) groups is 1. The molecule has 3 rings (SSSR count). The van der Waals surface area contributed by atoms with Crippen molar-refractivity contribution >= 4 is 40.9 Å². The van der Waals surface area contributed by atoms with Gasteiger partial charge in [-0.2, -0.15) is 0 Å². The Kier molecular flexibility index (Phi) is 5.47. The Balaban J connectivity index is 1.88. The number of carbonyl (C=O) groups is 3. The molecule has 0 saturated heterocycles. The standard InChI is InChI=1S/C21H22N2O4S/c1-13(27-19(25)14-9-5-8-12-17(14)28-4)18(24)23-16-11-7-6-10-15(16)22-20(26)21(23,2)3/h5-13H,1-4H3,(H,22,26)/t13-/m1/s1. The van der Waals surface area contributed by atoms with Crippen LogP contribution in [0.5, 0.6) is 0 Å². The number of hydrogen-bond donors (Lipinski definition) is 1. The Bertz CT molecular complexity index is 942. The molecule has 0 aliphatic carbocycles. The highest BCUT2D eigenvalue weighted by Gasteiger charge is 2.45. The van der Waals surface area contributed by atoms with Crippen LogP contribution in [-0.2, 0) is 14.3 Å². The van der Waals surface area contributed by atoms with E-state index in [0.29, 0.717) is 16.9 Å². The Morgan fingerprint density at radius 3 is 2.46 bits per heavy atom. The van der Waals surface area contributed by atoms with E-state index in [-0.39, 0.29) is 5.91 Å². The molecule has 0 bridgehead atoms. The Labute approximate surface area is 168 Å². The fraction of sp³-hybridized carbons (Fsp3) is 0.286. The number of nitrogens with one attached hydrogen (secondary N) is 1. The van der Waals surface area contributed by atoms with Gasteiger partial charge in [-0.3, -0.25) is 14.5 Å². The third-order valence-corrected chi connectivity index (χ3v) is 5.48. The molecule has 7 heteroatoms. The Hall–Kier alpha value is -2.80. The molecule has 0 radical (unpaired) electrons. The predicted octanol–water partition coefficient (Wildman–Crippen LogP) is 3.72. The lowest BCUT2D eigenvalue weighted by Crippen LogP contribution is -2.60. The van der Waals surface area contributed by atoms with Gasteiger partial charge in [-0.1, -0.05) is 24.3 Å². The van der Waals surface area contributed by atoms with Gasteiger partial charge in [0, 0.05) is 4.90 Å². The summed E-state index contributed by atoms with van der Waals surface area (Å²) in [5, 5.41) is 2.81. The van der Waals surface area contributed by atoms with Gasteiger partial charge in [0.25, 0.3) is 5.91 Å². The van der Waals surface area contributed by atoms with Crippen LogP contribution < -0.4 is 10.2 Å². The van der Waals surface area contributed by atoms with Crippen molar-refractivity contribution in [2.45, 2.75) is 37.3 Å². The van der Waals surface area contributed by atoms with Crippen LogP contribution in [0.15, 0.2) is 53.4 Å². The molecule has 0 fully saturated rings. The number of hydrogen-bond acceptors (Lipinski definition) is 5. The molecule has 146 valence electrons. The molecule has 1 heterocycles. The maximum absolute atomic E-state index is 13.2. The fourth-order valence-corrected chi connectivity index (χ4v) is 3.70. The maximum atomic E-state index is 13.2. The van der Waals surface area contributed by atoms with E-state index < -0.39 is 23.5 Å². The minimum atomic E-state index is -1.12. The molecule has 1 aliphatic heterocycles. The minimum Gasteiger partial charge on any atom is -0.449 e. The number of fused-ring (bicyclic) bond motifs is 1. The highest BCUT2D eigenvalue weighted by atomic mass is 32.2. The largest absolute Gasteiger partial charge is 0.449 e. The van der Waals surface area contributed by atoms with E-state index >= 15 is 0 Å². The van der Waals surface area contributed by atoms with Crippen molar-refractivity contribution in [3.63, 3.8) is 0 Å². The van der Waals surface area contributed by atoms with Crippen LogP contribution in [0, 0.1) is 0 Å². The summed E-state index contributed by atoms with van der Waals surface area (Å²) >= 11 is 1.43. The summed E-state index contributed by atoms with van der Waals surface area (Å²) in [6.45, 7) is 4.84. The highest BCUT2D eigenvalue weighted by molar-refractivity contribution is 7.98. The summed E-state index contributed by atoms with van der Waals surface area (Å²) in [7, 11) is 0. The number of ether oxygens (including phenoxy) is 1. The molecule has 1 atom stereocenters. The van der Waals surface area contributed by atoms with Crippen molar-refractivity contribution in [3.8, 4) is 0 Å². The first kappa shape index (κ1) is 19.9. The highest BCUT2D eigenvalue weighted by Crippen LogP contribution is 2.37. The second-order valence-corrected chi connectivity index (χ2v) is 7.80. The van der Waals surface area contributed by atoms with E-state index in [1.54, 1.807) is 50.2 Å². The summed E-state index contributed by atoms with van der Waals surface area (Å²) < 4.78 is 5.46. The summed E-state index contributed by atoms with van der Waals surface area (Å²) in [5.74, 6) is -1.33. The summed E-state index contributed by atoms with van der Waals surface area (Å²) in [5.41, 5.74) is 0.408. The van der Waals surface area contributed by atoms with Crippen molar-refractivity contribution in [3.05, 3.63) is 54.1 Å². The third-order valence-electron chi connectivity index (χ3n) is 4.69. The molecule has 2 aromatic carbocycles. The zero-order chi connectivity index (χ0) is 20.5. The molecule has 0 saturated carbocycles. The smallest absolute Gasteiger partial charge is 0.340 e. The van der Waals surface area contributed by atoms with Crippen LogP contribution in [-0.4, -0.2) is 35.7 Å². The van der Waals surface area contributed by atoms with Gasteiger partial charge in [0.2, 0.25) is 5.91 Å². The average molecular weight is 398 g/mol. The zero-order valence-electron chi connectivity index (χ0n) is 16.2. The number of anilines is 2. The topological polar surface area (TPSA) is 75.7 Å². The Morgan fingerprint density at radius 2 is 1.75 bits per heavy atom. The van der Waals surface area contributed by atoms with E-state index in [1.807, 2.05) is 18.4 Å². The number of nitrogens with zero attached hydrogens (tertiary/aromatic N) is 1. The predicted molar refractivity (Wildman–Crippen MR) is 110 cm³/mol. The number of benzene rings is 2. The third kappa shape index (κ3) is 3.49. The van der Waals surface area contributed by atoms with Crippen molar-refractivity contribution in [1.82, 2.24) is 0 Å². The Morgan fingerprint density at radius 1 is 1.11 bits per heavy atom. The second kappa shape index (κ2) is 7.67. The molecule has 1 N–H and O–H groups in total. The van der Waals surface area contributed by atoms with Crippen LogP contribution >= 0.6 is 11.8 Å². The molecule has 1 aliphatic rings. The molecule has 2 amide bonds. The average Bonchev–Trinajstić information content (AvgIpc) is 2.68. The van der Waals surface area contributed by atoms with Gasteiger partial charge in [0.1, 0.15) is 5.54 Å². The van der Waals surface area contributed by atoms with Gasteiger partial charge in [-0.05, 0) is 51.3 Å². The molecular formula is C21H22N2O4S. The number of esters is 1. The normalized spacial score (nSPS) is 16.0. The first-order chi connectivity index (χ1) is 13.3. The van der Waals surface area contributed by atoms with Gasteiger partial charge in [-0.25, -0.2) is 4.79 Å². The first-order valence-electron chi connectivity index (χ1n) is 8.86. The van der Waals surface area contributed by atoms with Crippen molar-refractivity contribution in [2.75, 3.05) is 16.5 Å². The van der Waals surface area contributed by atoms with Gasteiger partial charge in [-0.15, -0.1) is 11.8 Å². The molecule has 2 aromatic rings. The molecule has 0 spiro atoms. The van der Waals surface area contributed by atoms with Crippen LogP contribution in [0.1, 0.15) is 31.1 Å². The summed E-state index contributed by atoms with van der Waals surface area (Å²) in [6.07, 6.45) is 0.813. The SMILES string of the molecule is CSc1ccccc1C(=O)O[C@H](C)C(=O)N1c2ccccc2NC(=O)C1(C)C. The molecule has 0 aromatic heterocycles. The van der Waals surface area contributed by atoms with Crippen molar-refractivity contribution in [2.24, 2.45) is 0 Å². The lowest BCUT2D eigenvalue weighted by Gasteiger charge is -2.42. The molecule has 28 heavy (non-hydrogen) atoms. The van der Waals surface area contributed by atoms with E-state index in [9.17, 15) is 14.4 Å². The van der Waals surface area contributed by atoms with Gasteiger partial charge in [0.15, 0.2) is 6.10 Å². The lowest BCUT2D eigenvalue weighted by molar-refractivity contribution is -0.131. The van der Waals surface area contributed by atoms with E-state index in [4.69, 9.17) is 4.74 Å². The quantitative estimate of drug-likeness (QED) is 0.628. The van der Waals surface area contributed by atoms with Crippen LogP contribution in [0.2, 0.25) is 0 Å². The van der Waals surface area contributed by atoms with Gasteiger partial charge in [0.05, 0.1) is 16.9 Å². The van der Waals surface area contributed by atoms with E-state index in [2.05, 4.69) is 5.32 Å². The van der Waals surface area contributed by atoms with Crippen LogP contribution in [0.3, 0.4) is 0 Å². The van der Waals surface area contributed by atoms with Crippen LogP contribution in [0.4, 0.5) is 11.4 Å². The number of para-hydroxylation sites is 2. The molecular weight excluding hydrogens is 376 g/mol. The summed E-state index contributed by atoms with van der Waals surface area (Å²) in [4.78, 5) is 40.5. The monoisotopic (exact) mass is 398 g/mol. The fourth-order valence-electron chi connectivity index (χ4n) is 3.12. The lowest BCUT2D eigenvalue weighted by atomic mass is 9.95. The van der Waals surface area contributed by atoms with E-state index in [0.717, 1.165) is 4.90 Å². The van der Waals surface area contributed by atoms with E-state index in [1.165, 1.54) is 23.6 Å². The number of carbonyl (C=O) groups excluding carboxylic acids is 3. The molecule has 0 unspecified atom stereocenters.